The van der Waals surface area contributed by atoms with Gasteiger partial charge in [-0.15, -0.1) is 0 Å². The van der Waals surface area contributed by atoms with Crippen LogP contribution >= 0.6 is 0 Å². The van der Waals surface area contributed by atoms with E-state index in [2.05, 4.69) is 17.0 Å². The Morgan fingerprint density at radius 1 is 0.839 bits per heavy atom. The van der Waals surface area contributed by atoms with Gasteiger partial charge in [0.25, 0.3) is 5.91 Å². The summed E-state index contributed by atoms with van der Waals surface area (Å²) in [4.78, 5) is 17.0. The molecule has 0 bridgehead atoms. The van der Waals surface area contributed by atoms with Crippen LogP contribution < -0.4 is 9.47 Å². The Morgan fingerprint density at radius 2 is 1.52 bits per heavy atom. The minimum absolute atomic E-state index is 0.0342. The molecule has 31 heavy (non-hydrogen) atoms. The summed E-state index contributed by atoms with van der Waals surface area (Å²) >= 11 is 0. The van der Waals surface area contributed by atoms with E-state index >= 15 is 0 Å². The predicted octanol–water partition coefficient (Wildman–Crippen LogP) is 4.09. The van der Waals surface area contributed by atoms with Crippen LogP contribution in [-0.2, 0) is 11.3 Å². The maximum Gasteiger partial charge on any atom is 0.260 e. The molecule has 3 aromatic carbocycles. The molecule has 0 saturated carbocycles. The number of para-hydroxylation sites is 1. The number of piperazine rings is 1. The zero-order valence-electron chi connectivity index (χ0n) is 17.9. The van der Waals surface area contributed by atoms with Gasteiger partial charge in [0.2, 0.25) is 0 Å². The van der Waals surface area contributed by atoms with E-state index in [4.69, 9.17) is 9.47 Å². The molecule has 3 aromatic rings. The van der Waals surface area contributed by atoms with Crippen molar-refractivity contribution in [3.63, 3.8) is 0 Å². The summed E-state index contributed by atoms with van der Waals surface area (Å²) in [5.41, 5.74) is 3.33. The lowest BCUT2D eigenvalue weighted by atomic mass is 10.1. The third kappa shape index (κ3) is 5.44. The number of methoxy groups -OCH3 is 1. The Labute approximate surface area is 183 Å². The highest BCUT2D eigenvalue weighted by molar-refractivity contribution is 5.78. The zero-order valence-corrected chi connectivity index (χ0v) is 17.9. The lowest BCUT2D eigenvalue weighted by Crippen LogP contribution is -2.49. The van der Waals surface area contributed by atoms with Gasteiger partial charge in [-0.3, -0.25) is 9.69 Å². The van der Waals surface area contributed by atoms with Crippen molar-refractivity contribution in [1.29, 1.82) is 0 Å². The highest BCUT2D eigenvalue weighted by Gasteiger charge is 2.21. The fourth-order valence-electron chi connectivity index (χ4n) is 3.82. The molecular weight excluding hydrogens is 388 g/mol. The second-order valence-electron chi connectivity index (χ2n) is 7.66. The van der Waals surface area contributed by atoms with Crippen molar-refractivity contribution >= 4 is 5.91 Å². The molecule has 0 radical (unpaired) electrons. The van der Waals surface area contributed by atoms with Crippen molar-refractivity contribution < 1.29 is 14.3 Å². The first kappa shape index (κ1) is 20.9. The molecule has 1 saturated heterocycles. The molecule has 1 fully saturated rings. The number of hydrogen-bond donors (Lipinski definition) is 0. The van der Waals surface area contributed by atoms with Crippen LogP contribution in [0.15, 0.2) is 78.9 Å². The van der Waals surface area contributed by atoms with E-state index in [9.17, 15) is 4.79 Å². The molecule has 1 aliphatic heterocycles. The summed E-state index contributed by atoms with van der Waals surface area (Å²) in [6.07, 6.45) is 0. The lowest BCUT2D eigenvalue weighted by molar-refractivity contribution is -0.135. The molecule has 4 rings (SSSR count). The number of carbonyl (C=O) groups is 1. The highest BCUT2D eigenvalue weighted by Crippen LogP contribution is 2.29. The van der Waals surface area contributed by atoms with Gasteiger partial charge in [-0.1, -0.05) is 60.7 Å². The van der Waals surface area contributed by atoms with Gasteiger partial charge in [-0.2, -0.15) is 0 Å². The van der Waals surface area contributed by atoms with Gasteiger partial charge in [0.15, 0.2) is 6.61 Å². The Balaban J connectivity index is 1.28. The van der Waals surface area contributed by atoms with Gasteiger partial charge in [0.05, 0.1) is 7.11 Å². The summed E-state index contributed by atoms with van der Waals surface area (Å²) < 4.78 is 11.2. The summed E-state index contributed by atoms with van der Waals surface area (Å²) in [6.45, 7) is 4.10. The third-order valence-corrected chi connectivity index (χ3v) is 5.61. The predicted molar refractivity (Wildman–Crippen MR) is 122 cm³/mol. The summed E-state index contributed by atoms with van der Waals surface area (Å²) in [5, 5.41) is 0. The second-order valence-corrected chi connectivity index (χ2v) is 7.66. The summed E-state index contributed by atoms with van der Waals surface area (Å²) in [6, 6.07) is 26.1. The maximum absolute atomic E-state index is 12.7. The van der Waals surface area contributed by atoms with Crippen LogP contribution in [0.5, 0.6) is 11.5 Å². The number of ether oxygens (including phenoxy) is 2. The van der Waals surface area contributed by atoms with Crippen LogP contribution in [0.1, 0.15) is 5.56 Å². The zero-order chi connectivity index (χ0) is 21.5. The minimum atomic E-state index is 0.0342. The fraction of sp³-hybridized carbons (Fsp3) is 0.269. The first-order valence-corrected chi connectivity index (χ1v) is 10.6. The van der Waals surface area contributed by atoms with Gasteiger partial charge >= 0.3 is 0 Å². The van der Waals surface area contributed by atoms with Crippen LogP contribution in [0.4, 0.5) is 0 Å². The Kier molecular flexibility index (Phi) is 6.85. The molecule has 0 atom stereocenters. The minimum Gasteiger partial charge on any atom is -0.497 e. The molecule has 5 nitrogen and oxygen atoms in total. The monoisotopic (exact) mass is 416 g/mol. The van der Waals surface area contributed by atoms with Crippen LogP contribution in [0.3, 0.4) is 0 Å². The SMILES string of the molecule is COc1ccc(CN2CCN(C(=O)COc3ccccc3-c3ccccc3)CC2)cc1. The largest absolute Gasteiger partial charge is 0.497 e. The van der Waals surface area contributed by atoms with E-state index < -0.39 is 0 Å². The number of carbonyl (C=O) groups excluding carboxylic acids is 1. The number of hydrogen-bond acceptors (Lipinski definition) is 4. The van der Waals surface area contributed by atoms with Crippen LogP contribution in [0.2, 0.25) is 0 Å². The van der Waals surface area contributed by atoms with Crippen LogP contribution in [-0.4, -0.2) is 55.6 Å². The molecule has 1 aliphatic rings. The summed E-state index contributed by atoms with van der Waals surface area (Å²) in [5.74, 6) is 1.64. The van der Waals surface area contributed by atoms with Gasteiger partial charge in [0.1, 0.15) is 11.5 Å². The van der Waals surface area contributed by atoms with Crippen LogP contribution in [0.25, 0.3) is 11.1 Å². The van der Waals surface area contributed by atoms with E-state index in [0.29, 0.717) is 0 Å². The van der Waals surface area contributed by atoms with Gasteiger partial charge < -0.3 is 14.4 Å². The second kappa shape index (κ2) is 10.1. The lowest BCUT2D eigenvalue weighted by Gasteiger charge is -2.34. The molecule has 0 aromatic heterocycles. The van der Waals surface area contributed by atoms with E-state index in [1.54, 1.807) is 7.11 Å². The van der Waals surface area contributed by atoms with Gasteiger partial charge in [0, 0.05) is 38.3 Å². The first-order valence-electron chi connectivity index (χ1n) is 10.6. The van der Waals surface area contributed by atoms with Crippen molar-refractivity contribution in [2.45, 2.75) is 6.54 Å². The molecule has 1 heterocycles. The average Bonchev–Trinajstić information content (AvgIpc) is 2.84. The van der Waals surface area contributed by atoms with Crippen molar-refractivity contribution in [3.05, 3.63) is 84.4 Å². The standard InChI is InChI=1S/C26H28N2O3/c1-30-23-13-11-21(12-14-23)19-27-15-17-28(18-16-27)26(29)20-31-25-10-6-5-9-24(25)22-7-3-2-4-8-22/h2-14H,15-20H2,1H3. The number of nitrogens with zero attached hydrogens (tertiary/aromatic N) is 2. The average molecular weight is 417 g/mol. The van der Waals surface area contributed by atoms with E-state index in [0.717, 1.165) is 55.3 Å². The van der Waals surface area contributed by atoms with Gasteiger partial charge in [-0.25, -0.2) is 0 Å². The molecule has 0 unspecified atom stereocenters. The highest BCUT2D eigenvalue weighted by atomic mass is 16.5. The third-order valence-electron chi connectivity index (χ3n) is 5.61. The summed E-state index contributed by atoms with van der Waals surface area (Å²) in [7, 11) is 1.68. The first-order chi connectivity index (χ1) is 15.2. The van der Waals surface area contributed by atoms with E-state index in [-0.39, 0.29) is 12.5 Å². The normalized spacial score (nSPS) is 14.3. The topological polar surface area (TPSA) is 42.0 Å². The molecule has 160 valence electrons. The van der Waals surface area contributed by atoms with Crippen molar-refractivity contribution in [2.24, 2.45) is 0 Å². The maximum atomic E-state index is 12.7. The molecule has 0 spiro atoms. The van der Waals surface area contributed by atoms with Crippen LogP contribution in [0, 0.1) is 0 Å². The molecule has 1 amide bonds. The van der Waals surface area contributed by atoms with Crippen molar-refractivity contribution in [1.82, 2.24) is 9.80 Å². The van der Waals surface area contributed by atoms with Crippen molar-refractivity contribution in [2.75, 3.05) is 39.9 Å². The Hall–Kier alpha value is -3.31. The number of benzene rings is 3. The number of amides is 1. The Bertz CT molecular complexity index is 981. The molecular formula is C26H28N2O3. The van der Waals surface area contributed by atoms with E-state index in [1.165, 1.54) is 5.56 Å². The fourth-order valence-corrected chi connectivity index (χ4v) is 3.82. The Morgan fingerprint density at radius 3 is 2.23 bits per heavy atom. The number of rotatable bonds is 7. The quantitative estimate of drug-likeness (QED) is 0.582. The van der Waals surface area contributed by atoms with E-state index in [1.807, 2.05) is 71.6 Å². The van der Waals surface area contributed by atoms with Crippen molar-refractivity contribution in [3.8, 4) is 22.6 Å². The molecule has 0 aliphatic carbocycles. The smallest absolute Gasteiger partial charge is 0.260 e. The molecule has 5 heteroatoms. The molecule has 0 N–H and O–H groups in total. The van der Waals surface area contributed by atoms with Gasteiger partial charge in [-0.05, 0) is 29.3 Å².